The molecule has 126 valence electrons. The van der Waals surface area contributed by atoms with E-state index in [1.54, 1.807) is 18.2 Å². The molecule has 25 heavy (non-hydrogen) atoms. The smallest absolute Gasteiger partial charge is 0.249 e. The van der Waals surface area contributed by atoms with Crippen molar-refractivity contribution in [2.24, 2.45) is 0 Å². The van der Waals surface area contributed by atoms with Crippen LogP contribution in [0, 0.1) is 5.82 Å². The number of aromatic nitrogens is 3. The van der Waals surface area contributed by atoms with Gasteiger partial charge < -0.3 is 20.1 Å². The molecule has 1 aliphatic heterocycles. The van der Waals surface area contributed by atoms with Gasteiger partial charge in [-0.25, -0.2) is 4.39 Å². The van der Waals surface area contributed by atoms with E-state index in [9.17, 15) is 4.39 Å². The number of rotatable bonds is 5. The fraction of sp³-hybridized carbons (Fsp3) is 0.118. The summed E-state index contributed by atoms with van der Waals surface area (Å²) in [4.78, 5) is 4.28. The maximum Gasteiger partial charge on any atom is 0.249 e. The van der Waals surface area contributed by atoms with Crippen molar-refractivity contribution in [2.75, 3.05) is 17.4 Å². The van der Waals surface area contributed by atoms with Gasteiger partial charge in [0.05, 0.1) is 11.9 Å². The Morgan fingerprint density at radius 3 is 2.88 bits per heavy atom. The lowest BCUT2D eigenvalue weighted by Gasteiger charge is -2.08. The van der Waals surface area contributed by atoms with Crippen LogP contribution in [0.2, 0.25) is 0 Å². The molecule has 0 saturated heterocycles. The predicted octanol–water partition coefficient (Wildman–Crippen LogP) is 3.10. The molecular formula is C17H14FN5O2. The van der Waals surface area contributed by atoms with Gasteiger partial charge in [0.2, 0.25) is 12.7 Å². The summed E-state index contributed by atoms with van der Waals surface area (Å²) in [5.74, 6) is 1.81. The van der Waals surface area contributed by atoms with Gasteiger partial charge in [-0.15, -0.1) is 5.10 Å². The lowest BCUT2D eigenvalue weighted by Crippen LogP contribution is -2.06. The predicted molar refractivity (Wildman–Crippen MR) is 89.4 cm³/mol. The lowest BCUT2D eigenvalue weighted by atomic mass is 10.2. The number of halogens is 1. The highest BCUT2D eigenvalue weighted by Gasteiger charge is 2.13. The molecule has 1 aliphatic rings. The lowest BCUT2D eigenvalue weighted by molar-refractivity contribution is 0.174. The van der Waals surface area contributed by atoms with Crippen molar-refractivity contribution >= 4 is 17.5 Å². The third-order valence-corrected chi connectivity index (χ3v) is 3.59. The van der Waals surface area contributed by atoms with Gasteiger partial charge in [-0.3, -0.25) is 0 Å². The highest BCUT2D eigenvalue weighted by Crippen LogP contribution is 2.32. The molecule has 2 N–H and O–H groups in total. The van der Waals surface area contributed by atoms with E-state index in [1.807, 2.05) is 18.2 Å². The number of hydrogen-bond acceptors (Lipinski definition) is 7. The minimum atomic E-state index is -0.384. The van der Waals surface area contributed by atoms with Crippen molar-refractivity contribution in [3.63, 3.8) is 0 Å². The van der Waals surface area contributed by atoms with Gasteiger partial charge in [-0.1, -0.05) is 18.2 Å². The second-order valence-corrected chi connectivity index (χ2v) is 5.31. The number of para-hydroxylation sites is 1. The first kappa shape index (κ1) is 15.1. The zero-order chi connectivity index (χ0) is 17.1. The van der Waals surface area contributed by atoms with Gasteiger partial charge in [-0.2, -0.15) is 10.1 Å². The largest absolute Gasteiger partial charge is 0.454 e. The van der Waals surface area contributed by atoms with Gasteiger partial charge in [0.15, 0.2) is 17.3 Å². The van der Waals surface area contributed by atoms with Crippen molar-refractivity contribution in [1.82, 2.24) is 15.2 Å². The molecule has 0 radical (unpaired) electrons. The Kier molecular flexibility index (Phi) is 3.99. The Hall–Kier alpha value is -3.42. The minimum absolute atomic E-state index is 0.209. The van der Waals surface area contributed by atoms with Crippen molar-refractivity contribution in [3.05, 3.63) is 60.0 Å². The van der Waals surface area contributed by atoms with E-state index >= 15 is 0 Å². The molecule has 0 aliphatic carbocycles. The first-order valence-corrected chi connectivity index (χ1v) is 7.61. The van der Waals surface area contributed by atoms with E-state index in [-0.39, 0.29) is 24.2 Å². The Balaban J connectivity index is 1.44. The summed E-state index contributed by atoms with van der Waals surface area (Å²) in [6.45, 7) is 0.765. The molecule has 0 bridgehead atoms. The van der Waals surface area contributed by atoms with Crippen LogP contribution in [0.25, 0.3) is 0 Å². The van der Waals surface area contributed by atoms with E-state index < -0.39 is 0 Å². The Morgan fingerprint density at radius 2 is 1.96 bits per heavy atom. The average Bonchev–Trinajstić information content (AvgIpc) is 3.10. The standard InChI is InChI=1S/C17H14FN5O2/c18-12-3-1-2-4-13(12)21-17-22-16(9-20-23-17)19-8-11-5-6-14-15(7-11)25-10-24-14/h1-7,9H,8,10H2,(H2,19,21,22,23). The maximum atomic E-state index is 13.7. The average molecular weight is 339 g/mol. The van der Waals surface area contributed by atoms with E-state index in [0.29, 0.717) is 12.4 Å². The van der Waals surface area contributed by atoms with Crippen molar-refractivity contribution < 1.29 is 13.9 Å². The molecule has 3 aromatic rings. The van der Waals surface area contributed by atoms with Crippen LogP contribution < -0.4 is 20.1 Å². The molecule has 7 nitrogen and oxygen atoms in total. The number of fused-ring (bicyclic) bond motifs is 1. The second-order valence-electron chi connectivity index (χ2n) is 5.31. The Bertz CT molecular complexity index is 906. The number of ether oxygens (including phenoxy) is 2. The number of nitrogens with one attached hydrogen (secondary N) is 2. The Morgan fingerprint density at radius 1 is 1.08 bits per heavy atom. The summed E-state index contributed by atoms with van der Waals surface area (Å²) in [7, 11) is 0. The molecule has 2 aromatic carbocycles. The highest BCUT2D eigenvalue weighted by molar-refractivity contribution is 5.54. The molecule has 0 atom stereocenters. The zero-order valence-electron chi connectivity index (χ0n) is 13.1. The van der Waals surface area contributed by atoms with Crippen molar-refractivity contribution in [1.29, 1.82) is 0 Å². The summed E-state index contributed by atoms with van der Waals surface area (Å²) >= 11 is 0. The molecule has 2 heterocycles. The van der Waals surface area contributed by atoms with Crippen LogP contribution in [0.5, 0.6) is 11.5 Å². The second kappa shape index (κ2) is 6.60. The van der Waals surface area contributed by atoms with Crippen LogP contribution in [0.4, 0.5) is 21.8 Å². The fourth-order valence-electron chi connectivity index (χ4n) is 2.37. The maximum absolute atomic E-state index is 13.7. The van der Waals surface area contributed by atoms with Crippen LogP contribution in [-0.2, 0) is 6.54 Å². The third-order valence-electron chi connectivity index (χ3n) is 3.59. The van der Waals surface area contributed by atoms with Gasteiger partial charge in [0.1, 0.15) is 5.82 Å². The summed E-state index contributed by atoms with van der Waals surface area (Å²) in [6, 6.07) is 12.0. The monoisotopic (exact) mass is 339 g/mol. The molecular weight excluding hydrogens is 325 g/mol. The van der Waals surface area contributed by atoms with Crippen LogP contribution >= 0.6 is 0 Å². The molecule has 4 rings (SSSR count). The van der Waals surface area contributed by atoms with E-state index in [0.717, 1.165) is 17.1 Å². The van der Waals surface area contributed by atoms with Crippen molar-refractivity contribution in [2.45, 2.75) is 6.54 Å². The van der Waals surface area contributed by atoms with E-state index in [1.165, 1.54) is 12.3 Å². The zero-order valence-corrected chi connectivity index (χ0v) is 13.1. The van der Waals surface area contributed by atoms with Gasteiger partial charge in [-0.05, 0) is 29.8 Å². The SMILES string of the molecule is Fc1ccccc1Nc1nncc(NCc2ccc3c(c2)OCO3)n1. The fourth-order valence-corrected chi connectivity index (χ4v) is 2.37. The van der Waals surface area contributed by atoms with E-state index in [4.69, 9.17) is 9.47 Å². The number of benzene rings is 2. The number of anilines is 3. The molecule has 0 fully saturated rings. The summed E-state index contributed by atoms with van der Waals surface area (Å²) in [5, 5.41) is 13.7. The molecule has 1 aromatic heterocycles. The summed E-state index contributed by atoms with van der Waals surface area (Å²) in [6.07, 6.45) is 1.50. The summed E-state index contributed by atoms with van der Waals surface area (Å²) < 4.78 is 24.3. The molecule has 0 saturated carbocycles. The normalized spacial score (nSPS) is 12.0. The number of nitrogens with zero attached hydrogens (tertiary/aromatic N) is 3. The quantitative estimate of drug-likeness (QED) is 0.739. The molecule has 0 spiro atoms. The minimum Gasteiger partial charge on any atom is -0.454 e. The first-order valence-electron chi connectivity index (χ1n) is 7.61. The van der Waals surface area contributed by atoms with E-state index in [2.05, 4.69) is 25.8 Å². The molecule has 0 amide bonds. The summed E-state index contributed by atoms with van der Waals surface area (Å²) in [5.41, 5.74) is 1.30. The molecule has 8 heteroatoms. The van der Waals surface area contributed by atoms with Crippen LogP contribution in [0.1, 0.15) is 5.56 Å². The van der Waals surface area contributed by atoms with Crippen molar-refractivity contribution in [3.8, 4) is 11.5 Å². The van der Waals surface area contributed by atoms with Gasteiger partial charge in [0.25, 0.3) is 0 Å². The van der Waals surface area contributed by atoms with Crippen LogP contribution in [0.15, 0.2) is 48.7 Å². The first-order chi connectivity index (χ1) is 12.3. The third kappa shape index (κ3) is 3.42. The van der Waals surface area contributed by atoms with Crippen LogP contribution in [-0.4, -0.2) is 22.0 Å². The topological polar surface area (TPSA) is 81.2 Å². The molecule has 0 unspecified atom stereocenters. The van der Waals surface area contributed by atoms with Gasteiger partial charge >= 0.3 is 0 Å². The number of hydrogen-bond donors (Lipinski definition) is 2. The highest BCUT2D eigenvalue weighted by atomic mass is 19.1. The Labute approximate surface area is 142 Å². The van der Waals surface area contributed by atoms with Gasteiger partial charge in [0, 0.05) is 6.54 Å². The van der Waals surface area contributed by atoms with Crippen LogP contribution in [0.3, 0.4) is 0 Å².